The van der Waals surface area contributed by atoms with Crippen molar-refractivity contribution in [3.8, 4) is 0 Å². The molecule has 1 fully saturated rings. The molecule has 2 N–H and O–H groups in total. The molecule has 1 rings (SSSR count). The lowest BCUT2D eigenvalue weighted by atomic mass is 9.95. The Labute approximate surface area is 79.1 Å². The molecule has 12 heavy (non-hydrogen) atoms. The second-order valence-corrected chi connectivity index (χ2v) is 3.53. The van der Waals surface area contributed by atoms with Gasteiger partial charge in [0.1, 0.15) is 6.17 Å². The first-order valence-electron chi connectivity index (χ1n) is 4.12. The summed E-state index contributed by atoms with van der Waals surface area (Å²) >= 11 is 0. The molecule has 0 bridgehead atoms. The maximum absolute atomic E-state index is 12.8. The highest BCUT2D eigenvalue weighted by atomic mass is 35.5. The number of rotatable bonds is 1. The third kappa shape index (κ3) is 2.88. The molecule has 0 aromatic carbocycles. The highest BCUT2D eigenvalue weighted by molar-refractivity contribution is 5.85. The van der Waals surface area contributed by atoms with Crippen molar-refractivity contribution >= 4 is 12.4 Å². The van der Waals surface area contributed by atoms with Crippen LogP contribution in [0.1, 0.15) is 20.3 Å². The second kappa shape index (κ2) is 5.00. The zero-order chi connectivity index (χ0) is 8.43. The van der Waals surface area contributed by atoms with Crippen molar-refractivity contribution in [2.45, 2.75) is 38.6 Å². The number of hydrogen-bond acceptors (Lipinski definition) is 2. The van der Waals surface area contributed by atoms with Gasteiger partial charge in [-0.25, -0.2) is 4.39 Å². The Morgan fingerprint density at radius 3 is 2.50 bits per heavy atom. The maximum atomic E-state index is 12.8. The van der Waals surface area contributed by atoms with Crippen molar-refractivity contribution in [3.63, 3.8) is 0 Å². The average molecular weight is 198 g/mol. The van der Waals surface area contributed by atoms with Crippen LogP contribution < -0.4 is 5.73 Å². The van der Waals surface area contributed by atoms with E-state index in [1.807, 2.05) is 0 Å². The smallest absolute Gasteiger partial charge is 0.138 e. The molecule has 0 spiro atoms. The molecule has 0 aromatic heterocycles. The van der Waals surface area contributed by atoms with Crippen molar-refractivity contribution < 1.29 is 9.13 Å². The molecule has 74 valence electrons. The van der Waals surface area contributed by atoms with Gasteiger partial charge in [-0.15, -0.1) is 12.4 Å². The molecule has 0 unspecified atom stereocenters. The topological polar surface area (TPSA) is 35.2 Å². The number of hydrogen-bond donors (Lipinski definition) is 1. The average Bonchev–Trinajstić information content (AvgIpc) is 1.94. The summed E-state index contributed by atoms with van der Waals surface area (Å²) < 4.78 is 18.0. The summed E-state index contributed by atoms with van der Waals surface area (Å²) in [6.45, 7) is 4.30. The highest BCUT2D eigenvalue weighted by Gasteiger charge is 2.29. The molecule has 1 saturated heterocycles. The summed E-state index contributed by atoms with van der Waals surface area (Å²) in [4.78, 5) is 0. The van der Waals surface area contributed by atoms with Gasteiger partial charge in [0.15, 0.2) is 0 Å². The van der Waals surface area contributed by atoms with E-state index in [9.17, 15) is 4.39 Å². The molecule has 0 saturated carbocycles. The Hall–Kier alpha value is 0.140. The molecule has 1 aliphatic heterocycles. The molecule has 3 atom stereocenters. The van der Waals surface area contributed by atoms with Crippen molar-refractivity contribution in [2.75, 3.05) is 6.61 Å². The van der Waals surface area contributed by atoms with E-state index < -0.39 is 6.17 Å². The standard InChI is InChI=1S/C8H16FNO.ClH/c1-5(2)8-3-7(10)6(9)4-11-8;/h5-8H,3-4,10H2,1-2H3;1H/t6-,7-,8+;/m0./s1. The first-order chi connectivity index (χ1) is 5.11. The van der Waals surface area contributed by atoms with Crippen LogP contribution in [0, 0.1) is 5.92 Å². The predicted molar refractivity (Wildman–Crippen MR) is 49.3 cm³/mol. The predicted octanol–water partition coefficient (Wildman–Crippen LogP) is 1.52. The minimum Gasteiger partial charge on any atom is -0.375 e. The fourth-order valence-electron chi connectivity index (χ4n) is 1.29. The van der Waals surface area contributed by atoms with Crippen molar-refractivity contribution in [1.82, 2.24) is 0 Å². The van der Waals surface area contributed by atoms with E-state index in [1.54, 1.807) is 0 Å². The molecule has 0 aliphatic carbocycles. The van der Waals surface area contributed by atoms with Crippen LogP contribution in [0.3, 0.4) is 0 Å². The van der Waals surface area contributed by atoms with Gasteiger partial charge in [-0.1, -0.05) is 13.8 Å². The van der Waals surface area contributed by atoms with Crippen LogP contribution in [0.25, 0.3) is 0 Å². The Morgan fingerprint density at radius 2 is 2.08 bits per heavy atom. The van der Waals surface area contributed by atoms with Gasteiger partial charge in [-0.3, -0.25) is 0 Å². The Kier molecular flexibility index (Phi) is 5.06. The lowest BCUT2D eigenvalue weighted by Crippen LogP contribution is -2.45. The van der Waals surface area contributed by atoms with Gasteiger partial charge in [0, 0.05) is 6.04 Å². The molecule has 1 aliphatic rings. The summed E-state index contributed by atoms with van der Waals surface area (Å²) in [7, 11) is 0. The summed E-state index contributed by atoms with van der Waals surface area (Å²) in [6.07, 6.45) is -0.166. The van der Waals surface area contributed by atoms with Crippen molar-refractivity contribution in [2.24, 2.45) is 11.7 Å². The molecule has 0 radical (unpaired) electrons. The first-order valence-corrected chi connectivity index (χ1v) is 4.12. The van der Waals surface area contributed by atoms with Gasteiger partial charge in [0.05, 0.1) is 12.7 Å². The van der Waals surface area contributed by atoms with Gasteiger partial charge in [-0.05, 0) is 12.3 Å². The minimum absolute atomic E-state index is 0. The molecule has 0 aromatic rings. The van der Waals surface area contributed by atoms with Gasteiger partial charge >= 0.3 is 0 Å². The highest BCUT2D eigenvalue weighted by Crippen LogP contribution is 2.20. The molecular formula is C8H17ClFNO. The maximum Gasteiger partial charge on any atom is 0.138 e. The molecule has 4 heteroatoms. The van der Waals surface area contributed by atoms with E-state index in [2.05, 4.69) is 13.8 Å². The van der Waals surface area contributed by atoms with E-state index in [0.29, 0.717) is 12.3 Å². The Balaban J connectivity index is 0.00000121. The molecule has 2 nitrogen and oxygen atoms in total. The Bertz CT molecular complexity index is 134. The second-order valence-electron chi connectivity index (χ2n) is 3.53. The van der Waals surface area contributed by atoms with E-state index in [1.165, 1.54) is 0 Å². The van der Waals surface area contributed by atoms with E-state index in [4.69, 9.17) is 10.5 Å². The van der Waals surface area contributed by atoms with E-state index in [-0.39, 0.29) is 31.2 Å². The zero-order valence-electron chi connectivity index (χ0n) is 7.50. The minimum atomic E-state index is -0.968. The van der Waals surface area contributed by atoms with Crippen LogP contribution in [0.15, 0.2) is 0 Å². The van der Waals surface area contributed by atoms with E-state index in [0.717, 1.165) is 0 Å². The summed E-state index contributed by atoms with van der Waals surface area (Å²) in [6, 6.07) is -0.323. The van der Waals surface area contributed by atoms with Crippen LogP contribution in [-0.4, -0.2) is 24.9 Å². The fourth-order valence-corrected chi connectivity index (χ4v) is 1.29. The van der Waals surface area contributed by atoms with Crippen LogP contribution in [-0.2, 0) is 4.74 Å². The SMILES string of the molecule is CC(C)[C@H]1C[C@H](N)[C@@H](F)CO1.Cl. The van der Waals surface area contributed by atoms with Gasteiger partial charge in [0.2, 0.25) is 0 Å². The Morgan fingerprint density at radius 1 is 1.50 bits per heavy atom. The largest absolute Gasteiger partial charge is 0.375 e. The molecule has 1 heterocycles. The lowest BCUT2D eigenvalue weighted by molar-refractivity contribution is -0.0571. The number of ether oxygens (including phenoxy) is 1. The number of nitrogens with two attached hydrogens (primary N) is 1. The monoisotopic (exact) mass is 197 g/mol. The van der Waals surface area contributed by atoms with Crippen LogP contribution in [0.4, 0.5) is 4.39 Å². The quantitative estimate of drug-likeness (QED) is 0.692. The third-order valence-corrected chi connectivity index (χ3v) is 2.18. The van der Waals surface area contributed by atoms with Gasteiger partial charge < -0.3 is 10.5 Å². The third-order valence-electron chi connectivity index (χ3n) is 2.18. The fraction of sp³-hybridized carbons (Fsp3) is 1.00. The normalized spacial score (nSPS) is 36.2. The summed E-state index contributed by atoms with van der Waals surface area (Å²) in [5, 5.41) is 0. The zero-order valence-corrected chi connectivity index (χ0v) is 8.31. The van der Waals surface area contributed by atoms with Crippen LogP contribution in [0.2, 0.25) is 0 Å². The van der Waals surface area contributed by atoms with Gasteiger partial charge in [-0.2, -0.15) is 0 Å². The van der Waals surface area contributed by atoms with Crippen LogP contribution in [0.5, 0.6) is 0 Å². The molecular weight excluding hydrogens is 181 g/mol. The first kappa shape index (κ1) is 12.1. The van der Waals surface area contributed by atoms with Crippen molar-refractivity contribution in [3.05, 3.63) is 0 Å². The number of alkyl halides is 1. The summed E-state index contributed by atoms with van der Waals surface area (Å²) in [5.74, 6) is 0.438. The lowest BCUT2D eigenvalue weighted by Gasteiger charge is -2.32. The van der Waals surface area contributed by atoms with Crippen molar-refractivity contribution in [1.29, 1.82) is 0 Å². The van der Waals surface area contributed by atoms with Gasteiger partial charge in [0.25, 0.3) is 0 Å². The van der Waals surface area contributed by atoms with Crippen LogP contribution >= 0.6 is 12.4 Å². The molecule has 0 amide bonds. The number of halogens is 2. The summed E-state index contributed by atoms with van der Waals surface area (Å²) in [5.41, 5.74) is 5.55. The van der Waals surface area contributed by atoms with E-state index >= 15 is 0 Å².